The summed E-state index contributed by atoms with van der Waals surface area (Å²) in [5.74, 6) is 0.873. The Hall–Kier alpha value is -1.33. The smallest absolute Gasteiger partial charge is 0.289 e. The van der Waals surface area contributed by atoms with Crippen molar-refractivity contribution in [1.82, 2.24) is 9.80 Å². The lowest BCUT2D eigenvalue weighted by molar-refractivity contribution is 0.0279. The maximum Gasteiger partial charge on any atom is 0.289 e. The number of ether oxygens (including phenoxy) is 1. The molecule has 23 heavy (non-hydrogen) atoms. The van der Waals surface area contributed by atoms with Gasteiger partial charge in [-0.2, -0.15) is 0 Å². The molecular formula is C18H28N2O3. The minimum atomic E-state index is 0.0132. The Labute approximate surface area is 138 Å². The summed E-state index contributed by atoms with van der Waals surface area (Å²) in [6.45, 7) is 9.06. The summed E-state index contributed by atoms with van der Waals surface area (Å²) in [7, 11) is 1.76. The molecular weight excluding hydrogens is 292 g/mol. The minimum Gasteiger partial charge on any atom is -0.459 e. The van der Waals surface area contributed by atoms with E-state index in [4.69, 9.17) is 9.15 Å². The molecule has 5 heteroatoms. The van der Waals surface area contributed by atoms with E-state index in [1.54, 1.807) is 25.5 Å². The Morgan fingerprint density at radius 2 is 2.17 bits per heavy atom. The van der Waals surface area contributed by atoms with E-state index < -0.39 is 0 Å². The third kappa shape index (κ3) is 3.17. The van der Waals surface area contributed by atoms with E-state index in [2.05, 4.69) is 18.7 Å². The van der Waals surface area contributed by atoms with E-state index in [0.717, 1.165) is 45.6 Å². The van der Waals surface area contributed by atoms with Gasteiger partial charge in [-0.05, 0) is 57.3 Å². The van der Waals surface area contributed by atoms with Crippen LogP contribution < -0.4 is 0 Å². The quantitative estimate of drug-likeness (QED) is 0.855. The average Bonchev–Trinajstić information content (AvgIpc) is 3.17. The van der Waals surface area contributed by atoms with Gasteiger partial charge in [-0.25, -0.2) is 0 Å². The minimum absolute atomic E-state index is 0.0132. The Morgan fingerprint density at radius 1 is 1.43 bits per heavy atom. The van der Waals surface area contributed by atoms with E-state index in [1.807, 2.05) is 4.90 Å². The van der Waals surface area contributed by atoms with Crippen LogP contribution in [-0.2, 0) is 4.74 Å². The molecule has 0 radical (unpaired) electrons. The van der Waals surface area contributed by atoms with Crippen LogP contribution in [-0.4, -0.2) is 61.6 Å². The molecule has 2 saturated heterocycles. The first-order valence-electron chi connectivity index (χ1n) is 8.61. The number of likely N-dealkylation sites (tertiary alicyclic amines) is 2. The summed E-state index contributed by atoms with van der Waals surface area (Å²) < 4.78 is 10.8. The summed E-state index contributed by atoms with van der Waals surface area (Å²) in [4.78, 5) is 17.1. The van der Waals surface area contributed by atoms with Crippen LogP contribution in [0.2, 0.25) is 0 Å². The molecule has 3 rings (SSSR count). The summed E-state index contributed by atoms with van der Waals surface area (Å²) in [5, 5.41) is 0. The maximum absolute atomic E-state index is 12.6. The van der Waals surface area contributed by atoms with Gasteiger partial charge in [-0.3, -0.25) is 4.79 Å². The molecule has 1 atom stereocenters. The second kappa shape index (κ2) is 6.65. The summed E-state index contributed by atoms with van der Waals surface area (Å²) in [6.07, 6.45) is 3.84. The molecule has 1 aromatic heterocycles. The number of rotatable bonds is 4. The zero-order valence-corrected chi connectivity index (χ0v) is 14.5. The van der Waals surface area contributed by atoms with Gasteiger partial charge in [0.1, 0.15) is 0 Å². The Bertz CT molecular complexity index is 518. The Balaban J connectivity index is 1.73. The second-order valence-electron chi connectivity index (χ2n) is 7.31. The van der Waals surface area contributed by atoms with Crippen molar-refractivity contribution < 1.29 is 13.9 Å². The fourth-order valence-corrected chi connectivity index (χ4v) is 4.23. The van der Waals surface area contributed by atoms with Crippen molar-refractivity contribution in [2.75, 3.05) is 39.9 Å². The molecule has 1 spiro atoms. The van der Waals surface area contributed by atoms with E-state index in [0.29, 0.717) is 17.7 Å². The summed E-state index contributed by atoms with van der Waals surface area (Å²) >= 11 is 0. The highest BCUT2D eigenvalue weighted by Gasteiger charge is 2.49. The van der Waals surface area contributed by atoms with E-state index >= 15 is 0 Å². The van der Waals surface area contributed by atoms with Gasteiger partial charge in [-0.1, -0.05) is 0 Å². The van der Waals surface area contributed by atoms with Crippen LogP contribution in [0.4, 0.5) is 0 Å². The van der Waals surface area contributed by atoms with Crippen LogP contribution in [0.5, 0.6) is 0 Å². The second-order valence-corrected chi connectivity index (χ2v) is 7.31. The van der Waals surface area contributed by atoms with Crippen LogP contribution >= 0.6 is 0 Å². The van der Waals surface area contributed by atoms with Gasteiger partial charge in [0.25, 0.3) is 5.91 Å². The van der Waals surface area contributed by atoms with Crippen LogP contribution in [0.1, 0.15) is 37.2 Å². The number of nitrogens with zero attached hydrogens (tertiary/aromatic N) is 2. The molecule has 2 aliphatic rings. The molecule has 1 amide bonds. The Morgan fingerprint density at radius 3 is 2.74 bits per heavy atom. The molecule has 1 unspecified atom stereocenters. The van der Waals surface area contributed by atoms with Crippen molar-refractivity contribution in [1.29, 1.82) is 0 Å². The highest BCUT2D eigenvalue weighted by molar-refractivity contribution is 5.91. The van der Waals surface area contributed by atoms with Crippen molar-refractivity contribution >= 4 is 5.91 Å². The largest absolute Gasteiger partial charge is 0.459 e. The zero-order chi connectivity index (χ0) is 16.4. The normalized spacial score (nSPS) is 24.7. The fourth-order valence-electron chi connectivity index (χ4n) is 4.23. The third-order valence-corrected chi connectivity index (χ3v) is 5.72. The molecule has 0 bridgehead atoms. The Kier molecular flexibility index (Phi) is 4.78. The van der Waals surface area contributed by atoms with Gasteiger partial charge < -0.3 is 19.0 Å². The van der Waals surface area contributed by atoms with Crippen LogP contribution in [0, 0.1) is 11.3 Å². The number of amides is 1. The molecule has 2 aliphatic heterocycles. The molecule has 5 nitrogen and oxygen atoms in total. The molecule has 1 aromatic rings. The van der Waals surface area contributed by atoms with E-state index in [1.165, 1.54) is 0 Å². The highest BCUT2D eigenvalue weighted by Crippen LogP contribution is 2.45. The molecule has 0 saturated carbocycles. The van der Waals surface area contributed by atoms with Gasteiger partial charge in [0.15, 0.2) is 5.76 Å². The summed E-state index contributed by atoms with van der Waals surface area (Å²) in [5.41, 5.74) is 0.198. The maximum atomic E-state index is 12.6. The summed E-state index contributed by atoms with van der Waals surface area (Å²) in [6, 6.07) is 4.11. The molecule has 2 fully saturated rings. The lowest BCUT2D eigenvalue weighted by Gasteiger charge is -2.43. The number of hydrogen-bond acceptors (Lipinski definition) is 4. The number of methoxy groups -OCH3 is 1. The molecule has 128 valence electrons. The van der Waals surface area contributed by atoms with Gasteiger partial charge in [0, 0.05) is 32.2 Å². The van der Waals surface area contributed by atoms with Crippen molar-refractivity contribution in [3.05, 3.63) is 24.2 Å². The number of piperidine rings is 1. The number of hydrogen-bond donors (Lipinski definition) is 0. The monoisotopic (exact) mass is 320 g/mol. The molecule has 0 N–H and O–H groups in total. The van der Waals surface area contributed by atoms with Crippen LogP contribution in [0.15, 0.2) is 22.8 Å². The van der Waals surface area contributed by atoms with E-state index in [-0.39, 0.29) is 11.3 Å². The van der Waals surface area contributed by atoms with Crippen molar-refractivity contribution in [2.45, 2.75) is 32.7 Å². The van der Waals surface area contributed by atoms with Gasteiger partial charge in [0.05, 0.1) is 12.9 Å². The molecule has 0 aromatic carbocycles. The van der Waals surface area contributed by atoms with Gasteiger partial charge in [0.2, 0.25) is 0 Å². The number of carbonyl (C=O) groups is 1. The number of carbonyl (C=O) groups excluding carboxylic acids is 1. The third-order valence-electron chi connectivity index (χ3n) is 5.72. The van der Waals surface area contributed by atoms with E-state index in [9.17, 15) is 4.79 Å². The molecule has 0 aliphatic carbocycles. The molecule has 3 heterocycles. The lowest BCUT2D eigenvalue weighted by atomic mass is 9.71. The van der Waals surface area contributed by atoms with Gasteiger partial charge >= 0.3 is 0 Å². The van der Waals surface area contributed by atoms with Crippen LogP contribution in [0.3, 0.4) is 0 Å². The van der Waals surface area contributed by atoms with Crippen molar-refractivity contribution in [3.8, 4) is 0 Å². The zero-order valence-electron chi connectivity index (χ0n) is 14.5. The van der Waals surface area contributed by atoms with Crippen LogP contribution in [0.25, 0.3) is 0 Å². The highest BCUT2D eigenvalue weighted by atomic mass is 16.5. The first kappa shape index (κ1) is 16.5. The van der Waals surface area contributed by atoms with Crippen molar-refractivity contribution in [2.24, 2.45) is 11.3 Å². The van der Waals surface area contributed by atoms with Gasteiger partial charge in [-0.15, -0.1) is 0 Å². The topological polar surface area (TPSA) is 45.9 Å². The standard InChI is InChI=1S/C18H28N2O3/c1-14(2)19-8-6-18(7-9-19)13-20(11-15(18)12-22-3)17(21)16-5-4-10-23-16/h4-5,10,14-15H,6-9,11-13H2,1-3H3. The average molecular weight is 320 g/mol. The first-order valence-corrected chi connectivity index (χ1v) is 8.61. The number of furan rings is 1. The fraction of sp³-hybridized carbons (Fsp3) is 0.722. The predicted molar refractivity (Wildman–Crippen MR) is 88.4 cm³/mol. The predicted octanol–water partition coefficient (Wildman–Crippen LogP) is 2.49. The SMILES string of the molecule is COCC1CN(C(=O)c2ccco2)CC12CCN(C(C)C)CC2. The lowest BCUT2D eigenvalue weighted by Crippen LogP contribution is -2.47. The van der Waals surface area contributed by atoms with Crippen molar-refractivity contribution in [3.63, 3.8) is 0 Å². The first-order chi connectivity index (χ1) is 11.1.